The molecule has 1 aliphatic carbocycles. The van der Waals surface area contributed by atoms with Crippen molar-refractivity contribution in [2.24, 2.45) is 5.41 Å². The summed E-state index contributed by atoms with van der Waals surface area (Å²) in [7, 11) is 1.80. The number of hydrogen-bond acceptors (Lipinski definition) is 3. The fourth-order valence-electron chi connectivity index (χ4n) is 5.06. The van der Waals surface area contributed by atoms with Gasteiger partial charge in [0.25, 0.3) is 0 Å². The lowest BCUT2D eigenvalue weighted by molar-refractivity contribution is -0.138. The third kappa shape index (κ3) is 4.14. The van der Waals surface area contributed by atoms with Gasteiger partial charge in [0.1, 0.15) is 17.5 Å². The predicted octanol–water partition coefficient (Wildman–Crippen LogP) is 3.84. The summed E-state index contributed by atoms with van der Waals surface area (Å²) in [5.41, 5.74) is 3.40. The third-order valence-electron chi connectivity index (χ3n) is 6.79. The number of carbonyl (C=O) groups excluding carboxylic acids is 3. The van der Waals surface area contributed by atoms with Crippen molar-refractivity contribution in [1.29, 1.82) is 0 Å². The number of Topliss-reactive ketones (excluding diaryl/α,β-unsaturated/α-hetero) is 2. The van der Waals surface area contributed by atoms with E-state index in [1.807, 2.05) is 37.8 Å². The molecule has 5 nitrogen and oxygen atoms in total. The van der Waals surface area contributed by atoms with Crippen molar-refractivity contribution in [3.8, 4) is 11.8 Å². The van der Waals surface area contributed by atoms with Gasteiger partial charge in [0, 0.05) is 45.1 Å². The summed E-state index contributed by atoms with van der Waals surface area (Å²) in [4.78, 5) is 42.4. The Bertz CT molecular complexity index is 886. The molecule has 30 heavy (non-hydrogen) atoms. The van der Waals surface area contributed by atoms with Gasteiger partial charge in [-0.3, -0.25) is 9.59 Å². The van der Waals surface area contributed by atoms with Crippen LogP contribution in [0.2, 0.25) is 0 Å². The summed E-state index contributed by atoms with van der Waals surface area (Å²) in [5, 5.41) is 0. The van der Waals surface area contributed by atoms with Gasteiger partial charge in [-0.15, -0.1) is 5.92 Å². The quantitative estimate of drug-likeness (QED) is 0.552. The minimum absolute atomic E-state index is 0.0252. The highest BCUT2D eigenvalue weighted by Gasteiger charge is 2.47. The van der Waals surface area contributed by atoms with E-state index in [0.717, 1.165) is 22.3 Å². The van der Waals surface area contributed by atoms with E-state index in [1.54, 1.807) is 18.9 Å². The Balaban J connectivity index is 1.77. The van der Waals surface area contributed by atoms with Crippen molar-refractivity contribution < 1.29 is 14.4 Å². The minimum Gasteiger partial charge on any atom is -0.328 e. The smallest absolute Gasteiger partial charge is 0.319 e. The predicted molar refractivity (Wildman–Crippen MR) is 117 cm³/mol. The summed E-state index contributed by atoms with van der Waals surface area (Å²) in [6.45, 7) is 9.55. The Hall–Kier alpha value is -2.61. The first-order valence-corrected chi connectivity index (χ1v) is 10.8. The largest absolute Gasteiger partial charge is 0.328 e. The molecule has 1 spiro atoms. The van der Waals surface area contributed by atoms with E-state index >= 15 is 0 Å². The zero-order valence-corrected chi connectivity index (χ0v) is 18.8. The molecule has 0 atom stereocenters. The van der Waals surface area contributed by atoms with Gasteiger partial charge in [-0.2, -0.15) is 0 Å². The number of hydrogen-bond donors (Lipinski definition) is 0. The lowest BCUT2D eigenvalue weighted by atomic mass is 9.62. The number of amides is 2. The fraction of sp³-hybridized carbons (Fsp3) is 0.560. The molecule has 1 aromatic rings. The lowest BCUT2D eigenvalue weighted by Gasteiger charge is -2.45. The Morgan fingerprint density at radius 3 is 2.13 bits per heavy atom. The molecule has 1 saturated heterocycles. The second kappa shape index (κ2) is 8.63. The van der Waals surface area contributed by atoms with Crippen molar-refractivity contribution in [3.63, 3.8) is 0 Å². The Morgan fingerprint density at radius 1 is 1.13 bits per heavy atom. The van der Waals surface area contributed by atoms with Gasteiger partial charge < -0.3 is 9.80 Å². The number of likely N-dealkylation sites (tertiary alicyclic amines) is 1. The number of urea groups is 1. The second-order valence-electron chi connectivity index (χ2n) is 8.90. The molecule has 0 aromatic heterocycles. The third-order valence-corrected chi connectivity index (χ3v) is 6.79. The van der Waals surface area contributed by atoms with Crippen molar-refractivity contribution >= 4 is 17.6 Å². The van der Waals surface area contributed by atoms with Crippen LogP contribution >= 0.6 is 0 Å². The van der Waals surface area contributed by atoms with Crippen LogP contribution in [-0.4, -0.2) is 54.1 Å². The number of benzene rings is 1. The Kier molecular flexibility index (Phi) is 6.36. The van der Waals surface area contributed by atoms with Gasteiger partial charge in [-0.1, -0.05) is 5.92 Å². The molecular formula is C25H32N2O3. The van der Waals surface area contributed by atoms with Crippen molar-refractivity contribution in [1.82, 2.24) is 9.80 Å². The molecule has 0 bridgehead atoms. The summed E-state index contributed by atoms with van der Waals surface area (Å²) < 4.78 is 0. The first kappa shape index (κ1) is 22.1. The van der Waals surface area contributed by atoms with E-state index in [1.165, 1.54) is 0 Å². The maximum Gasteiger partial charge on any atom is 0.319 e. The monoisotopic (exact) mass is 408 g/mol. The van der Waals surface area contributed by atoms with E-state index in [2.05, 4.69) is 11.8 Å². The zero-order valence-electron chi connectivity index (χ0n) is 18.8. The first-order valence-electron chi connectivity index (χ1n) is 10.8. The van der Waals surface area contributed by atoms with Crippen LogP contribution in [0.5, 0.6) is 0 Å². The van der Waals surface area contributed by atoms with Gasteiger partial charge >= 0.3 is 6.03 Å². The molecule has 3 rings (SSSR count). The molecule has 1 aromatic carbocycles. The number of piperidine rings is 1. The normalized spacial score (nSPS) is 18.9. The molecule has 2 aliphatic rings. The Labute approximate surface area is 179 Å². The molecule has 1 saturated carbocycles. The van der Waals surface area contributed by atoms with E-state index in [9.17, 15) is 14.4 Å². The number of aryl methyl sites for hydroxylation is 2. The molecule has 0 N–H and O–H groups in total. The van der Waals surface area contributed by atoms with E-state index < -0.39 is 5.92 Å². The number of ketones is 2. The molecular weight excluding hydrogens is 376 g/mol. The number of nitrogens with zero attached hydrogens (tertiary/aromatic N) is 2. The average Bonchev–Trinajstić information content (AvgIpc) is 2.69. The summed E-state index contributed by atoms with van der Waals surface area (Å²) in [6.07, 6.45) is 2.27. The molecule has 2 amide bonds. The highest BCUT2D eigenvalue weighted by atomic mass is 16.2. The van der Waals surface area contributed by atoms with Crippen LogP contribution in [-0.2, 0) is 9.59 Å². The van der Waals surface area contributed by atoms with Crippen molar-refractivity contribution in [2.75, 3.05) is 26.7 Å². The minimum atomic E-state index is -0.662. The van der Waals surface area contributed by atoms with Gasteiger partial charge in [0.2, 0.25) is 0 Å². The van der Waals surface area contributed by atoms with E-state index in [-0.39, 0.29) is 23.0 Å². The average molecular weight is 409 g/mol. The fourth-order valence-corrected chi connectivity index (χ4v) is 5.06. The molecule has 1 aliphatic heterocycles. The Morgan fingerprint density at radius 2 is 1.67 bits per heavy atom. The van der Waals surface area contributed by atoms with Crippen molar-refractivity contribution in [2.45, 2.75) is 59.3 Å². The second-order valence-corrected chi connectivity index (χ2v) is 8.90. The zero-order chi connectivity index (χ0) is 22.1. The summed E-state index contributed by atoms with van der Waals surface area (Å²) in [6, 6.07) is 3.97. The van der Waals surface area contributed by atoms with Crippen LogP contribution in [0.1, 0.15) is 67.7 Å². The molecule has 5 heteroatoms. The highest BCUT2D eigenvalue weighted by Crippen LogP contribution is 2.46. The topological polar surface area (TPSA) is 57.7 Å². The van der Waals surface area contributed by atoms with Crippen LogP contribution in [0.3, 0.4) is 0 Å². The molecule has 1 heterocycles. The maximum atomic E-state index is 13.2. The van der Waals surface area contributed by atoms with Crippen LogP contribution in [0.25, 0.3) is 0 Å². The first-order chi connectivity index (χ1) is 14.2. The molecule has 2 fully saturated rings. The molecule has 160 valence electrons. The number of carbonyl (C=O) groups is 3. The van der Waals surface area contributed by atoms with Gasteiger partial charge in [0.05, 0.1) is 0 Å². The van der Waals surface area contributed by atoms with E-state index in [4.69, 9.17) is 0 Å². The molecule has 0 unspecified atom stereocenters. The van der Waals surface area contributed by atoms with E-state index in [0.29, 0.717) is 45.3 Å². The van der Waals surface area contributed by atoms with Crippen LogP contribution in [0.4, 0.5) is 4.79 Å². The standard InChI is InChI=1S/C25H32N2O3/c1-6-8-19-13-17(3)22(18(4)14-19)23-20(28)15-25(16-21(23)29)9-11-27(12-10-25)24(30)26(5)7-2/h13-14,23H,7,9-12,15-16H2,1-5H3. The lowest BCUT2D eigenvalue weighted by Crippen LogP contribution is -2.51. The van der Waals surface area contributed by atoms with Crippen LogP contribution in [0.15, 0.2) is 12.1 Å². The SMILES string of the molecule is CC#Cc1cc(C)c(C2C(=O)CC3(CCN(C(=O)N(C)CC)CC3)CC2=O)c(C)c1. The summed E-state index contributed by atoms with van der Waals surface area (Å²) in [5.74, 6) is 5.35. The van der Waals surface area contributed by atoms with Gasteiger partial charge in [-0.25, -0.2) is 4.79 Å². The van der Waals surface area contributed by atoms with Crippen LogP contribution < -0.4 is 0 Å². The summed E-state index contributed by atoms with van der Waals surface area (Å²) >= 11 is 0. The number of rotatable bonds is 2. The maximum absolute atomic E-state index is 13.2. The van der Waals surface area contributed by atoms with Gasteiger partial charge in [-0.05, 0) is 74.8 Å². The highest BCUT2D eigenvalue weighted by molar-refractivity contribution is 6.10. The van der Waals surface area contributed by atoms with Crippen molar-refractivity contribution in [3.05, 3.63) is 34.4 Å². The molecule has 0 radical (unpaired) electrons. The van der Waals surface area contributed by atoms with Gasteiger partial charge in [0.15, 0.2) is 0 Å². The van der Waals surface area contributed by atoms with Crippen LogP contribution in [0, 0.1) is 31.1 Å².